The third-order valence-corrected chi connectivity index (χ3v) is 1.97. The van der Waals surface area contributed by atoms with Gasteiger partial charge in [0.25, 0.3) is 0 Å². The van der Waals surface area contributed by atoms with Gasteiger partial charge in [-0.2, -0.15) is 0 Å². The Hall–Kier alpha value is -1.96. The topological polar surface area (TPSA) is 40.5 Å². The molecule has 0 fully saturated rings. The normalized spacial score (nSPS) is 10.0. The number of hydrogen-bond donors (Lipinski definition) is 2. The molecule has 2 nitrogen and oxygen atoms in total. The molecule has 2 aromatic carbocycles. The van der Waals surface area contributed by atoms with E-state index in [0.717, 1.165) is 11.1 Å². The van der Waals surface area contributed by atoms with Crippen molar-refractivity contribution in [3.05, 3.63) is 48.5 Å². The van der Waals surface area contributed by atoms with Gasteiger partial charge in [-0.25, -0.2) is 0 Å². The predicted octanol–water partition coefficient (Wildman–Crippen LogP) is 2.56. The summed E-state index contributed by atoms with van der Waals surface area (Å²) in [5.41, 5.74) is 1.73. The van der Waals surface area contributed by atoms with Crippen LogP contribution in [0.15, 0.2) is 42.5 Å². The minimum absolute atomic E-state index is 0.103. The van der Waals surface area contributed by atoms with Crippen LogP contribution in [-0.2, 0) is 0 Å². The molecule has 0 aliphatic heterocycles. The highest BCUT2D eigenvalue weighted by atomic mass is 16.3. The summed E-state index contributed by atoms with van der Waals surface area (Å²) in [5.74, 6) is 0.320. The summed E-state index contributed by atoms with van der Waals surface area (Å²) >= 11 is 0. The maximum Gasteiger partial charge on any atom is 0.124 e. The van der Waals surface area contributed by atoms with Gasteiger partial charge in [-0.05, 0) is 35.4 Å². The number of aromatic hydroxyl groups is 2. The number of hydrogen-bond acceptors (Lipinski definition) is 2. The Morgan fingerprint density at radius 2 is 1.71 bits per heavy atom. The van der Waals surface area contributed by atoms with E-state index in [-0.39, 0.29) is 11.5 Å². The number of benzene rings is 2. The van der Waals surface area contributed by atoms with Crippen molar-refractivity contribution in [2.24, 2.45) is 0 Å². The van der Waals surface area contributed by atoms with Crippen molar-refractivity contribution >= 4 is 0 Å². The van der Waals surface area contributed by atoms with Gasteiger partial charge < -0.3 is 10.2 Å². The lowest BCUT2D eigenvalue weighted by Gasteiger charge is -2.02. The lowest BCUT2D eigenvalue weighted by Crippen LogP contribution is -1.76. The Labute approximate surface area is 82.1 Å². The Balaban J connectivity index is 2.49. The van der Waals surface area contributed by atoms with Crippen LogP contribution < -0.4 is 0 Å². The smallest absolute Gasteiger partial charge is 0.124 e. The SMILES string of the molecule is Oc1[c]ccc(-c2cccc(O)c2)c1. The van der Waals surface area contributed by atoms with E-state index >= 15 is 0 Å². The minimum Gasteiger partial charge on any atom is -0.508 e. The molecule has 2 heteroatoms. The molecule has 69 valence electrons. The summed E-state index contributed by atoms with van der Waals surface area (Å²) in [7, 11) is 0. The molecule has 0 saturated carbocycles. The zero-order valence-corrected chi connectivity index (χ0v) is 7.44. The first kappa shape index (κ1) is 8.63. The van der Waals surface area contributed by atoms with Crippen molar-refractivity contribution in [1.82, 2.24) is 0 Å². The van der Waals surface area contributed by atoms with Crippen molar-refractivity contribution in [2.75, 3.05) is 0 Å². The first-order valence-corrected chi connectivity index (χ1v) is 4.26. The van der Waals surface area contributed by atoms with Gasteiger partial charge >= 0.3 is 0 Å². The van der Waals surface area contributed by atoms with Crippen molar-refractivity contribution in [1.29, 1.82) is 0 Å². The first-order chi connectivity index (χ1) is 6.75. The molecular weight excluding hydrogens is 176 g/mol. The van der Waals surface area contributed by atoms with Gasteiger partial charge in [-0.3, -0.25) is 0 Å². The van der Waals surface area contributed by atoms with E-state index in [2.05, 4.69) is 6.07 Å². The predicted molar refractivity (Wildman–Crippen MR) is 54.0 cm³/mol. The molecule has 0 spiro atoms. The third kappa shape index (κ3) is 1.69. The van der Waals surface area contributed by atoms with Gasteiger partial charge in [0.2, 0.25) is 0 Å². The molecule has 0 aliphatic rings. The number of phenolic OH excluding ortho intramolecular Hbond substituents is 2. The van der Waals surface area contributed by atoms with Crippen LogP contribution in [0.4, 0.5) is 0 Å². The van der Waals surface area contributed by atoms with Gasteiger partial charge in [0.05, 0.1) is 0 Å². The Bertz CT molecular complexity index is 406. The highest BCUT2D eigenvalue weighted by Gasteiger charge is 1.99. The highest BCUT2D eigenvalue weighted by molar-refractivity contribution is 5.66. The van der Waals surface area contributed by atoms with Crippen LogP contribution in [0.2, 0.25) is 0 Å². The fourth-order valence-electron chi connectivity index (χ4n) is 1.32. The molecule has 0 heterocycles. The van der Waals surface area contributed by atoms with Gasteiger partial charge in [0, 0.05) is 6.07 Å². The van der Waals surface area contributed by atoms with E-state index in [4.69, 9.17) is 0 Å². The number of rotatable bonds is 1. The van der Waals surface area contributed by atoms with E-state index in [1.807, 2.05) is 12.1 Å². The Morgan fingerprint density at radius 3 is 2.43 bits per heavy atom. The van der Waals surface area contributed by atoms with Crippen LogP contribution in [0.5, 0.6) is 11.5 Å². The lowest BCUT2D eigenvalue weighted by molar-refractivity contribution is 0.473. The summed E-state index contributed by atoms with van der Waals surface area (Å²) in [4.78, 5) is 0. The zero-order chi connectivity index (χ0) is 9.97. The van der Waals surface area contributed by atoms with Crippen LogP contribution >= 0.6 is 0 Å². The molecule has 2 N–H and O–H groups in total. The molecule has 14 heavy (non-hydrogen) atoms. The van der Waals surface area contributed by atoms with Crippen molar-refractivity contribution in [3.8, 4) is 22.6 Å². The highest BCUT2D eigenvalue weighted by Crippen LogP contribution is 2.25. The summed E-state index contributed by atoms with van der Waals surface area (Å²) in [5, 5.41) is 18.5. The fourth-order valence-corrected chi connectivity index (χ4v) is 1.32. The maximum absolute atomic E-state index is 9.27. The third-order valence-electron chi connectivity index (χ3n) is 1.97. The Kier molecular flexibility index (Phi) is 2.11. The molecule has 0 bridgehead atoms. The maximum atomic E-state index is 9.27. The van der Waals surface area contributed by atoms with E-state index in [0.29, 0.717) is 0 Å². The largest absolute Gasteiger partial charge is 0.508 e. The van der Waals surface area contributed by atoms with Crippen LogP contribution in [-0.4, -0.2) is 10.2 Å². The molecule has 0 saturated heterocycles. The average molecular weight is 185 g/mol. The monoisotopic (exact) mass is 185 g/mol. The molecule has 0 amide bonds. The summed E-state index contributed by atoms with van der Waals surface area (Å²) in [6.07, 6.45) is 0. The molecule has 2 rings (SSSR count). The van der Waals surface area contributed by atoms with Crippen molar-refractivity contribution in [3.63, 3.8) is 0 Å². The minimum atomic E-state index is 0.103. The number of phenols is 2. The van der Waals surface area contributed by atoms with E-state index in [1.54, 1.807) is 30.3 Å². The van der Waals surface area contributed by atoms with E-state index in [9.17, 15) is 10.2 Å². The molecule has 0 unspecified atom stereocenters. The molecular formula is C12H9O2. The summed E-state index contributed by atoms with van der Waals surface area (Å²) < 4.78 is 0. The standard InChI is InChI=1S/C12H9O2/c13-11-5-1-3-9(7-11)10-4-2-6-12(14)8-10/h1-5,7-8,13-14H. The summed E-state index contributed by atoms with van der Waals surface area (Å²) in [6.45, 7) is 0. The van der Waals surface area contributed by atoms with Crippen LogP contribution in [0, 0.1) is 6.07 Å². The van der Waals surface area contributed by atoms with Gasteiger partial charge in [-0.1, -0.05) is 18.2 Å². The second-order valence-corrected chi connectivity index (χ2v) is 3.01. The molecule has 0 aliphatic carbocycles. The van der Waals surface area contributed by atoms with Crippen molar-refractivity contribution in [2.45, 2.75) is 0 Å². The molecule has 2 aromatic rings. The lowest BCUT2D eigenvalue weighted by atomic mass is 10.1. The fraction of sp³-hybridized carbons (Fsp3) is 0. The quantitative estimate of drug-likeness (QED) is 0.716. The Morgan fingerprint density at radius 1 is 0.929 bits per heavy atom. The van der Waals surface area contributed by atoms with E-state index in [1.165, 1.54) is 0 Å². The summed E-state index contributed by atoms with van der Waals surface area (Å²) in [6, 6.07) is 14.6. The first-order valence-electron chi connectivity index (χ1n) is 4.26. The second kappa shape index (κ2) is 3.42. The van der Waals surface area contributed by atoms with Crippen LogP contribution in [0.3, 0.4) is 0 Å². The van der Waals surface area contributed by atoms with Gasteiger partial charge in [0.1, 0.15) is 11.5 Å². The second-order valence-electron chi connectivity index (χ2n) is 3.01. The molecule has 1 radical (unpaired) electrons. The molecule has 0 atom stereocenters. The van der Waals surface area contributed by atoms with Gasteiger partial charge in [-0.15, -0.1) is 0 Å². The average Bonchev–Trinajstić information content (AvgIpc) is 2.18. The van der Waals surface area contributed by atoms with Crippen LogP contribution in [0.1, 0.15) is 0 Å². The zero-order valence-electron chi connectivity index (χ0n) is 7.44. The van der Waals surface area contributed by atoms with Crippen molar-refractivity contribution < 1.29 is 10.2 Å². The van der Waals surface area contributed by atoms with Crippen LogP contribution in [0.25, 0.3) is 11.1 Å². The van der Waals surface area contributed by atoms with E-state index < -0.39 is 0 Å². The van der Waals surface area contributed by atoms with Gasteiger partial charge in [0.15, 0.2) is 0 Å². The molecule has 0 aromatic heterocycles.